The van der Waals surface area contributed by atoms with Gasteiger partial charge in [0.2, 0.25) is 5.91 Å². The van der Waals surface area contributed by atoms with Crippen molar-refractivity contribution in [2.24, 2.45) is 5.92 Å². The van der Waals surface area contributed by atoms with Crippen LogP contribution < -0.4 is 5.32 Å². The summed E-state index contributed by atoms with van der Waals surface area (Å²) in [5.41, 5.74) is 2.46. The van der Waals surface area contributed by atoms with Crippen molar-refractivity contribution < 1.29 is 4.79 Å². The Hall–Kier alpha value is -2.13. The van der Waals surface area contributed by atoms with E-state index in [9.17, 15) is 4.79 Å². The molecule has 0 bridgehead atoms. The van der Waals surface area contributed by atoms with E-state index in [4.69, 9.17) is 0 Å². The van der Waals surface area contributed by atoms with E-state index in [1.165, 1.54) is 24.0 Å². The van der Waals surface area contributed by atoms with Crippen molar-refractivity contribution >= 4 is 5.91 Å². The second kappa shape index (κ2) is 8.30. The molecule has 1 fully saturated rings. The van der Waals surface area contributed by atoms with Crippen molar-refractivity contribution in [2.75, 3.05) is 6.54 Å². The van der Waals surface area contributed by atoms with Crippen molar-refractivity contribution in [3.63, 3.8) is 0 Å². The van der Waals surface area contributed by atoms with Crippen LogP contribution in [-0.2, 0) is 11.3 Å². The van der Waals surface area contributed by atoms with E-state index in [0.29, 0.717) is 19.0 Å². The molecule has 1 atom stereocenters. The number of carbonyl (C=O) groups is 1. The average molecular weight is 336 g/mol. The van der Waals surface area contributed by atoms with Crippen molar-refractivity contribution in [3.8, 4) is 0 Å². The Morgan fingerprint density at radius 3 is 2.20 bits per heavy atom. The summed E-state index contributed by atoms with van der Waals surface area (Å²) in [6.45, 7) is 5.21. The fourth-order valence-corrected chi connectivity index (χ4v) is 3.28. The Bertz CT molecular complexity index is 665. The minimum atomic E-state index is 0.167. The highest BCUT2D eigenvalue weighted by Gasteiger charge is 2.32. The molecule has 0 heterocycles. The predicted octanol–water partition coefficient (Wildman–Crippen LogP) is 4.16. The summed E-state index contributed by atoms with van der Waals surface area (Å²) in [7, 11) is 0. The van der Waals surface area contributed by atoms with Gasteiger partial charge in [-0.1, -0.05) is 60.7 Å². The van der Waals surface area contributed by atoms with Gasteiger partial charge in [-0.3, -0.25) is 4.79 Å². The summed E-state index contributed by atoms with van der Waals surface area (Å²) in [5, 5.41) is 3.53. The van der Waals surface area contributed by atoms with Gasteiger partial charge in [0.05, 0.1) is 6.54 Å². The molecule has 3 heteroatoms. The highest BCUT2D eigenvalue weighted by Crippen LogP contribution is 2.40. The molecule has 132 valence electrons. The fraction of sp³-hybridized carbons (Fsp3) is 0.409. The van der Waals surface area contributed by atoms with Crippen LogP contribution in [0.25, 0.3) is 0 Å². The van der Waals surface area contributed by atoms with Gasteiger partial charge in [-0.15, -0.1) is 0 Å². The SMILES string of the molecule is CC(C)N(Cc1ccccc1)C(=O)CNC(c1ccccc1)C1CC1. The van der Waals surface area contributed by atoms with Crippen LogP contribution in [0.3, 0.4) is 0 Å². The molecule has 1 amide bonds. The van der Waals surface area contributed by atoms with Gasteiger partial charge in [-0.25, -0.2) is 0 Å². The largest absolute Gasteiger partial charge is 0.335 e. The third-order valence-electron chi connectivity index (χ3n) is 4.86. The molecule has 0 saturated heterocycles. The van der Waals surface area contributed by atoms with E-state index >= 15 is 0 Å². The minimum absolute atomic E-state index is 0.167. The molecule has 0 aliphatic heterocycles. The van der Waals surface area contributed by atoms with Crippen molar-refractivity contribution in [1.29, 1.82) is 0 Å². The van der Waals surface area contributed by atoms with E-state index in [1.807, 2.05) is 29.2 Å². The lowest BCUT2D eigenvalue weighted by Gasteiger charge is -2.28. The number of nitrogens with one attached hydrogen (secondary N) is 1. The van der Waals surface area contributed by atoms with E-state index in [-0.39, 0.29) is 18.0 Å². The number of hydrogen-bond donors (Lipinski definition) is 1. The standard InChI is InChI=1S/C22H28N2O/c1-17(2)24(16-18-9-5-3-6-10-18)21(25)15-23-22(20-13-14-20)19-11-7-4-8-12-19/h3-12,17,20,22-23H,13-16H2,1-2H3. The van der Waals surface area contributed by atoms with Crippen LogP contribution in [0.4, 0.5) is 0 Å². The van der Waals surface area contributed by atoms with Gasteiger partial charge in [-0.2, -0.15) is 0 Å². The molecule has 2 aromatic carbocycles. The zero-order chi connectivity index (χ0) is 17.6. The summed E-state index contributed by atoms with van der Waals surface area (Å²) >= 11 is 0. The highest BCUT2D eigenvalue weighted by atomic mass is 16.2. The number of nitrogens with zero attached hydrogens (tertiary/aromatic N) is 1. The third-order valence-corrected chi connectivity index (χ3v) is 4.86. The first-order valence-corrected chi connectivity index (χ1v) is 9.27. The molecule has 3 nitrogen and oxygen atoms in total. The second-order valence-corrected chi connectivity index (χ2v) is 7.21. The lowest BCUT2D eigenvalue weighted by molar-refractivity contribution is -0.132. The van der Waals surface area contributed by atoms with Crippen LogP contribution in [0.2, 0.25) is 0 Å². The molecule has 1 aliphatic carbocycles. The molecular formula is C22H28N2O. The number of amides is 1. The Labute approximate surface area is 151 Å². The van der Waals surface area contributed by atoms with E-state index in [2.05, 4.69) is 55.6 Å². The first-order chi connectivity index (χ1) is 12.1. The lowest BCUT2D eigenvalue weighted by Crippen LogP contribution is -2.42. The minimum Gasteiger partial charge on any atom is -0.335 e. The Balaban J connectivity index is 1.62. The van der Waals surface area contributed by atoms with Gasteiger partial charge in [0.25, 0.3) is 0 Å². The van der Waals surface area contributed by atoms with Gasteiger partial charge < -0.3 is 10.2 Å². The number of hydrogen-bond acceptors (Lipinski definition) is 2. The van der Waals surface area contributed by atoms with Crippen LogP contribution in [0.15, 0.2) is 60.7 Å². The Morgan fingerprint density at radius 2 is 1.64 bits per heavy atom. The summed E-state index contributed by atoms with van der Waals surface area (Å²) in [5.74, 6) is 0.831. The number of carbonyl (C=O) groups excluding carboxylic acids is 1. The lowest BCUT2D eigenvalue weighted by atomic mass is 10.0. The van der Waals surface area contributed by atoms with Crippen LogP contribution in [-0.4, -0.2) is 23.4 Å². The molecule has 2 aromatic rings. The van der Waals surface area contributed by atoms with E-state index < -0.39 is 0 Å². The zero-order valence-electron chi connectivity index (χ0n) is 15.2. The van der Waals surface area contributed by atoms with E-state index in [0.717, 1.165) is 0 Å². The van der Waals surface area contributed by atoms with Gasteiger partial charge in [0.1, 0.15) is 0 Å². The molecule has 1 unspecified atom stereocenters. The quantitative estimate of drug-likeness (QED) is 0.785. The van der Waals surface area contributed by atoms with Crippen molar-refractivity contribution in [2.45, 2.75) is 45.3 Å². The first kappa shape index (κ1) is 17.7. The zero-order valence-corrected chi connectivity index (χ0v) is 15.2. The van der Waals surface area contributed by atoms with Crippen molar-refractivity contribution in [1.82, 2.24) is 10.2 Å². The molecule has 1 saturated carbocycles. The second-order valence-electron chi connectivity index (χ2n) is 7.21. The maximum atomic E-state index is 12.8. The van der Waals surface area contributed by atoms with Crippen LogP contribution in [0, 0.1) is 5.92 Å². The molecule has 0 spiro atoms. The maximum Gasteiger partial charge on any atom is 0.237 e. The van der Waals surface area contributed by atoms with Gasteiger partial charge in [0, 0.05) is 18.6 Å². The fourth-order valence-electron chi connectivity index (χ4n) is 3.28. The normalized spacial score (nSPS) is 15.2. The molecule has 1 aliphatic rings. The summed E-state index contributed by atoms with van der Waals surface area (Å²) in [6, 6.07) is 21.2. The average Bonchev–Trinajstić information content (AvgIpc) is 3.46. The molecular weight excluding hydrogens is 308 g/mol. The number of rotatable bonds is 8. The van der Waals surface area contributed by atoms with Crippen LogP contribution >= 0.6 is 0 Å². The molecule has 0 radical (unpaired) electrons. The molecule has 0 aromatic heterocycles. The topological polar surface area (TPSA) is 32.3 Å². The smallest absolute Gasteiger partial charge is 0.237 e. The monoisotopic (exact) mass is 336 g/mol. The van der Waals surface area contributed by atoms with Crippen LogP contribution in [0.1, 0.15) is 43.9 Å². The first-order valence-electron chi connectivity index (χ1n) is 9.27. The Morgan fingerprint density at radius 1 is 1.04 bits per heavy atom. The van der Waals surface area contributed by atoms with Gasteiger partial charge in [-0.05, 0) is 43.7 Å². The molecule has 3 rings (SSSR count). The van der Waals surface area contributed by atoms with Crippen LogP contribution in [0.5, 0.6) is 0 Å². The van der Waals surface area contributed by atoms with Gasteiger partial charge in [0.15, 0.2) is 0 Å². The van der Waals surface area contributed by atoms with Crippen molar-refractivity contribution in [3.05, 3.63) is 71.8 Å². The molecule has 1 N–H and O–H groups in total. The summed E-state index contributed by atoms with van der Waals surface area (Å²) in [6.07, 6.45) is 2.50. The maximum absolute atomic E-state index is 12.8. The highest BCUT2D eigenvalue weighted by molar-refractivity contribution is 5.78. The third kappa shape index (κ3) is 4.93. The number of benzene rings is 2. The summed E-state index contributed by atoms with van der Waals surface area (Å²) in [4.78, 5) is 14.8. The summed E-state index contributed by atoms with van der Waals surface area (Å²) < 4.78 is 0. The predicted molar refractivity (Wildman–Crippen MR) is 102 cm³/mol. The van der Waals surface area contributed by atoms with Gasteiger partial charge >= 0.3 is 0 Å². The van der Waals surface area contributed by atoms with E-state index in [1.54, 1.807) is 0 Å². The Kier molecular flexibility index (Phi) is 5.87. The molecule has 25 heavy (non-hydrogen) atoms.